The molecule has 1 N–H and O–H groups in total. The second-order valence-electron chi connectivity index (χ2n) is 6.20. The summed E-state index contributed by atoms with van der Waals surface area (Å²) in [4.78, 5) is 8.81. The van der Waals surface area contributed by atoms with E-state index >= 15 is 0 Å². The van der Waals surface area contributed by atoms with Crippen LogP contribution in [0.25, 0.3) is 0 Å². The van der Waals surface area contributed by atoms with Crippen LogP contribution in [0, 0.1) is 0 Å². The Kier molecular flexibility index (Phi) is 5.44. The van der Waals surface area contributed by atoms with Crippen LogP contribution in [0.15, 0.2) is 0 Å². The van der Waals surface area contributed by atoms with E-state index in [1.165, 1.54) is 41.4 Å². The molecule has 2 rings (SSSR count). The van der Waals surface area contributed by atoms with Crippen LogP contribution in [0.1, 0.15) is 69.9 Å². The van der Waals surface area contributed by atoms with Crippen molar-refractivity contribution in [2.75, 3.05) is 11.9 Å². The SMILES string of the molecule is CCC(CC)N(C)c1nc(C2CC2)c(CNC(C)C)s1. The molecule has 1 saturated carbocycles. The number of nitrogens with one attached hydrogen (secondary N) is 1. The van der Waals surface area contributed by atoms with E-state index in [9.17, 15) is 0 Å². The van der Waals surface area contributed by atoms with E-state index in [2.05, 4.69) is 45.0 Å². The first-order valence-corrected chi connectivity index (χ1v) is 8.84. The number of aromatic nitrogens is 1. The van der Waals surface area contributed by atoms with Gasteiger partial charge in [-0.1, -0.05) is 27.7 Å². The summed E-state index contributed by atoms with van der Waals surface area (Å²) in [5.41, 5.74) is 1.37. The number of anilines is 1. The van der Waals surface area contributed by atoms with E-state index in [0.717, 1.165) is 12.5 Å². The molecule has 0 saturated heterocycles. The average Bonchev–Trinajstić information content (AvgIpc) is 3.17. The molecule has 0 aromatic carbocycles. The van der Waals surface area contributed by atoms with E-state index in [0.29, 0.717) is 12.1 Å². The fourth-order valence-electron chi connectivity index (χ4n) is 2.59. The molecule has 0 spiro atoms. The van der Waals surface area contributed by atoms with Crippen LogP contribution in [-0.4, -0.2) is 24.1 Å². The lowest BCUT2D eigenvalue weighted by atomic mass is 10.1. The van der Waals surface area contributed by atoms with Crippen molar-refractivity contribution in [2.24, 2.45) is 0 Å². The number of hydrogen-bond acceptors (Lipinski definition) is 4. The predicted octanol–water partition coefficient (Wildman–Crippen LogP) is 4.14. The summed E-state index contributed by atoms with van der Waals surface area (Å²) in [6.07, 6.45) is 5.02. The molecule has 0 amide bonds. The fraction of sp³-hybridized carbons (Fsp3) is 0.812. The molecule has 1 aliphatic carbocycles. The van der Waals surface area contributed by atoms with Gasteiger partial charge in [0.15, 0.2) is 5.13 Å². The Bertz CT molecular complexity index is 419. The van der Waals surface area contributed by atoms with Gasteiger partial charge in [0.05, 0.1) is 5.69 Å². The molecule has 0 aliphatic heterocycles. The molecule has 3 nitrogen and oxygen atoms in total. The third-order valence-corrected chi connectivity index (χ3v) is 5.30. The summed E-state index contributed by atoms with van der Waals surface area (Å²) < 4.78 is 0. The minimum Gasteiger partial charge on any atom is -0.348 e. The normalized spacial score (nSPS) is 15.3. The van der Waals surface area contributed by atoms with Crippen LogP contribution in [0.4, 0.5) is 5.13 Å². The first-order valence-electron chi connectivity index (χ1n) is 8.02. The zero-order valence-electron chi connectivity index (χ0n) is 13.6. The quantitative estimate of drug-likeness (QED) is 0.781. The largest absolute Gasteiger partial charge is 0.348 e. The van der Waals surface area contributed by atoms with Gasteiger partial charge in [-0.2, -0.15) is 0 Å². The summed E-state index contributed by atoms with van der Waals surface area (Å²) in [5.74, 6) is 0.735. The van der Waals surface area contributed by atoms with Crippen molar-refractivity contribution < 1.29 is 0 Å². The third kappa shape index (κ3) is 3.73. The average molecular weight is 295 g/mol. The van der Waals surface area contributed by atoms with Crippen molar-refractivity contribution in [3.8, 4) is 0 Å². The second kappa shape index (κ2) is 6.90. The highest BCUT2D eigenvalue weighted by Crippen LogP contribution is 2.44. The lowest BCUT2D eigenvalue weighted by molar-refractivity contribution is 0.588. The maximum absolute atomic E-state index is 4.97. The lowest BCUT2D eigenvalue weighted by Crippen LogP contribution is -2.30. The first-order chi connectivity index (χ1) is 9.56. The number of thiazole rings is 1. The molecule has 1 aliphatic rings. The number of nitrogens with zero attached hydrogens (tertiary/aromatic N) is 2. The van der Waals surface area contributed by atoms with Gasteiger partial charge in [-0.25, -0.2) is 4.98 Å². The van der Waals surface area contributed by atoms with Gasteiger partial charge in [-0.05, 0) is 25.7 Å². The molecule has 114 valence electrons. The highest BCUT2D eigenvalue weighted by atomic mass is 32.1. The zero-order chi connectivity index (χ0) is 14.7. The van der Waals surface area contributed by atoms with Crippen molar-refractivity contribution in [3.63, 3.8) is 0 Å². The number of rotatable bonds is 8. The molecule has 20 heavy (non-hydrogen) atoms. The Morgan fingerprint density at radius 3 is 2.45 bits per heavy atom. The van der Waals surface area contributed by atoms with Gasteiger partial charge in [0, 0.05) is 36.5 Å². The van der Waals surface area contributed by atoms with E-state index in [1.54, 1.807) is 0 Å². The van der Waals surface area contributed by atoms with E-state index in [4.69, 9.17) is 4.98 Å². The molecule has 4 heteroatoms. The van der Waals surface area contributed by atoms with Crippen LogP contribution in [0.3, 0.4) is 0 Å². The van der Waals surface area contributed by atoms with Crippen molar-refractivity contribution in [1.82, 2.24) is 10.3 Å². The van der Waals surface area contributed by atoms with Gasteiger partial charge in [-0.3, -0.25) is 0 Å². The summed E-state index contributed by atoms with van der Waals surface area (Å²) in [6.45, 7) is 9.91. The van der Waals surface area contributed by atoms with E-state index < -0.39 is 0 Å². The van der Waals surface area contributed by atoms with Crippen LogP contribution in [0.5, 0.6) is 0 Å². The predicted molar refractivity (Wildman–Crippen MR) is 88.8 cm³/mol. The Labute approximate surface area is 127 Å². The molecule has 1 aromatic rings. The van der Waals surface area contributed by atoms with Gasteiger partial charge in [0.1, 0.15) is 0 Å². The Hall–Kier alpha value is -0.610. The van der Waals surface area contributed by atoms with Crippen molar-refractivity contribution in [2.45, 2.75) is 77.9 Å². The molecule has 0 unspecified atom stereocenters. The van der Waals surface area contributed by atoms with Crippen molar-refractivity contribution in [1.29, 1.82) is 0 Å². The van der Waals surface area contributed by atoms with E-state index in [-0.39, 0.29) is 0 Å². The Morgan fingerprint density at radius 1 is 1.30 bits per heavy atom. The Morgan fingerprint density at radius 2 is 1.95 bits per heavy atom. The van der Waals surface area contributed by atoms with E-state index in [1.807, 2.05) is 11.3 Å². The highest BCUT2D eigenvalue weighted by Gasteiger charge is 2.30. The molecule has 0 atom stereocenters. The number of hydrogen-bond donors (Lipinski definition) is 1. The van der Waals surface area contributed by atoms with Crippen LogP contribution in [0.2, 0.25) is 0 Å². The van der Waals surface area contributed by atoms with Crippen molar-refractivity contribution in [3.05, 3.63) is 10.6 Å². The molecule has 1 fully saturated rings. The molecule has 0 radical (unpaired) electrons. The first kappa shape index (κ1) is 15.8. The second-order valence-corrected chi connectivity index (χ2v) is 7.26. The summed E-state index contributed by atoms with van der Waals surface area (Å²) >= 11 is 1.89. The van der Waals surface area contributed by atoms with Crippen LogP contribution in [-0.2, 0) is 6.54 Å². The molecular formula is C16H29N3S. The molecule has 1 heterocycles. The van der Waals surface area contributed by atoms with Gasteiger partial charge in [0.2, 0.25) is 0 Å². The fourth-order valence-corrected chi connectivity index (χ4v) is 3.72. The standard InChI is InChI=1S/C16H29N3S/c1-6-13(7-2)19(5)16-18-15(12-8-9-12)14(20-16)10-17-11(3)4/h11-13,17H,6-10H2,1-5H3. The third-order valence-electron chi connectivity index (χ3n) is 4.14. The zero-order valence-corrected chi connectivity index (χ0v) is 14.4. The molecule has 0 bridgehead atoms. The highest BCUT2D eigenvalue weighted by molar-refractivity contribution is 7.15. The van der Waals surface area contributed by atoms with Gasteiger partial charge < -0.3 is 10.2 Å². The van der Waals surface area contributed by atoms with Crippen LogP contribution >= 0.6 is 11.3 Å². The van der Waals surface area contributed by atoms with Gasteiger partial charge in [0.25, 0.3) is 0 Å². The maximum Gasteiger partial charge on any atom is 0.185 e. The smallest absolute Gasteiger partial charge is 0.185 e. The molecule has 1 aromatic heterocycles. The topological polar surface area (TPSA) is 28.2 Å². The van der Waals surface area contributed by atoms with Crippen LogP contribution < -0.4 is 10.2 Å². The minimum absolute atomic E-state index is 0.532. The minimum atomic E-state index is 0.532. The monoisotopic (exact) mass is 295 g/mol. The molecular weight excluding hydrogens is 266 g/mol. The maximum atomic E-state index is 4.97. The summed E-state index contributed by atoms with van der Waals surface area (Å²) in [6, 6.07) is 1.14. The lowest BCUT2D eigenvalue weighted by Gasteiger charge is -2.25. The van der Waals surface area contributed by atoms with Gasteiger partial charge >= 0.3 is 0 Å². The Balaban J connectivity index is 2.15. The van der Waals surface area contributed by atoms with Gasteiger partial charge in [-0.15, -0.1) is 11.3 Å². The summed E-state index contributed by atoms with van der Waals surface area (Å²) in [5, 5.41) is 4.76. The summed E-state index contributed by atoms with van der Waals surface area (Å²) in [7, 11) is 2.20. The van der Waals surface area contributed by atoms with Crippen molar-refractivity contribution >= 4 is 16.5 Å².